The highest BCUT2D eigenvalue weighted by molar-refractivity contribution is 5.70. The molecule has 0 aromatic carbocycles. The van der Waals surface area contributed by atoms with Crippen molar-refractivity contribution < 1.29 is 43.9 Å². The van der Waals surface area contributed by atoms with Gasteiger partial charge in [-0.25, -0.2) is 0 Å². The summed E-state index contributed by atoms with van der Waals surface area (Å²) in [5, 5.41) is 31.5. The Labute approximate surface area is 232 Å². The average molecular weight is 553 g/mol. The van der Waals surface area contributed by atoms with Crippen molar-refractivity contribution in [2.75, 3.05) is 0 Å². The molecule has 0 aromatic rings. The van der Waals surface area contributed by atoms with Gasteiger partial charge < -0.3 is 34.3 Å². The van der Waals surface area contributed by atoms with Crippen LogP contribution in [0, 0.1) is 17.8 Å². The Morgan fingerprint density at radius 2 is 1.97 bits per heavy atom. The van der Waals surface area contributed by atoms with Gasteiger partial charge in [-0.05, 0) is 51.5 Å². The van der Waals surface area contributed by atoms with Crippen LogP contribution < -0.4 is 0 Å². The number of hydrogen-bond donors (Lipinski definition) is 3. The summed E-state index contributed by atoms with van der Waals surface area (Å²) in [6, 6.07) is 0. The van der Waals surface area contributed by atoms with Crippen LogP contribution in [0.3, 0.4) is 0 Å². The number of esters is 2. The zero-order chi connectivity index (χ0) is 29.1. The molecule has 3 aliphatic rings. The van der Waals surface area contributed by atoms with E-state index in [2.05, 4.69) is 13.0 Å². The third kappa shape index (κ3) is 8.36. The maximum atomic E-state index is 12.7. The molecule has 3 aliphatic heterocycles. The Balaban J connectivity index is 1.68. The molecule has 0 spiro atoms. The van der Waals surface area contributed by atoms with Crippen LogP contribution in [0.1, 0.15) is 80.6 Å². The van der Waals surface area contributed by atoms with Crippen molar-refractivity contribution in [3.05, 3.63) is 24.3 Å². The van der Waals surface area contributed by atoms with E-state index in [-0.39, 0.29) is 61.4 Å². The van der Waals surface area contributed by atoms with Crippen molar-refractivity contribution in [3.63, 3.8) is 0 Å². The zero-order valence-corrected chi connectivity index (χ0v) is 24.4. The van der Waals surface area contributed by atoms with Crippen molar-refractivity contribution >= 4 is 11.9 Å². The summed E-state index contributed by atoms with van der Waals surface area (Å²) < 4.78 is 23.1. The second-order valence-corrected chi connectivity index (χ2v) is 12.2. The number of carbonyl (C=O) groups excluding carboxylic acids is 2. The standard InChI is InChI=1S/C30H48O9/c1-8-22(33)19(4)27-23(37-27)15-17(2)9-11-25-30(7,39-25)28-18(3)10-12-24(36-20(5)31)29(6,35)14-13-21(32)16-26(34)38-28/h9-12,17-19,21-25,27-28,32-33,35H,8,13-16H2,1-7H3/b11-9+,12-10-. The lowest BCUT2D eigenvalue weighted by Crippen LogP contribution is -2.43. The molecule has 2 saturated heterocycles. The van der Waals surface area contributed by atoms with Crippen molar-refractivity contribution in [1.29, 1.82) is 0 Å². The summed E-state index contributed by atoms with van der Waals surface area (Å²) in [4.78, 5) is 24.4. The number of ether oxygens (including phenoxy) is 4. The summed E-state index contributed by atoms with van der Waals surface area (Å²) in [7, 11) is 0. The lowest BCUT2D eigenvalue weighted by molar-refractivity contribution is -0.159. The van der Waals surface area contributed by atoms with Crippen LogP contribution in [-0.4, -0.2) is 81.2 Å². The predicted octanol–water partition coefficient (Wildman–Crippen LogP) is 3.23. The maximum Gasteiger partial charge on any atom is 0.308 e. The van der Waals surface area contributed by atoms with Gasteiger partial charge in [-0.3, -0.25) is 9.59 Å². The van der Waals surface area contributed by atoms with Gasteiger partial charge in [0.15, 0.2) is 0 Å². The zero-order valence-electron chi connectivity index (χ0n) is 24.4. The topological polar surface area (TPSA) is 138 Å². The monoisotopic (exact) mass is 552 g/mol. The van der Waals surface area contributed by atoms with Crippen LogP contribution in [0.2, 0.25) is 0 Å². The third-order valence-corrected chi connectivity index (χ3v) is 8.45. The fraction of sp³-hybridized carbons (Fsp3) is 0.800. The van der Waals surface area contributed by atoms with Crippen molar-refractivity contribution in [2.24, 2.45) is 17.8 Å². The molecular weight excluding hydrogens is 504 g/mol. The van der Waals surface area contributed by atoms with Crippen LogP contribution in [0.25, 0.3) is 0 Å². The van der Waals surface area contributed by atoms with Gasteiger partial charge in [0.1, 0.15) is 29.5 Å². The van der Waals surface area contributed by atoms with Crippen LogP contribution >= 0.6 is 0 Å². The summed E-state index contributed by atoms with van der Waals surface area (Å²) in [6.45, 7) is 12.7. The van der Waals surface area contributed by atoms with Gasteiger partial charge in [0.2, 0.25) is 0 Å². The molecule has 0 aromatic heterocycles. The minimum absolute atomic E-state index is 0.0912. The molecule has 0 radical (unpaired) electrons. The lowest BCUT2D eigenvalue weighted by atomic mass is 9.86. The molecule has 39 heavy (non-hydrogen) atoms. The molecule has 12 atom stereocenters. The van der Waals surface area contributed by atoms with E-state index in [1.54, 1.807) is 19.1 Å². The summed E-state index contributed by atoms with van der Waals surface area (Å²) in [5.74, 6) is -1.04. The number of hydrogen-bond acceptors (Lipinski definition) is 9. The molecule has 2 fully saturated rings. The Morgan fingerprint density at radius 3 is 2.62 bits per heavy atom. The Hall–Kier alpha value is -1.78. The van der Waals surface area contributed by atoms with Gasteiger partial charge in [0, 0.05) is 18.8 Å². The predicted molar refractivity (Wildman–Crippen MR) is 145 cm³/mol. The van der Waals surface area contributed by atoms with E-state index < -0.39 is 41.5 Å². The van der Waals surface area contributed by atoms with E-state index >= 15 is 0 Å². The van der Waals surface area contributed by atoms with Crippen LogP contribution in [0.4, 0.5) is 0 Å². The van der Waals surface area contributed by atoms with E-state index in [1.165, 1.54) is 6.92 Å². The number of epoxide rings is 2. The first kappa shape index (κ1) is 31.7. The molecule has 0 amide bonds. The minimum Gasteiger partial charge on any atom is -0.458 e. The van der Waals surface area contributed by atoms with E-state index in [4.69, 9.17) is 18.9 Å². The average Bonchev–Trinajstić information content (AvgIpc) is 3.77. The highest BCUT2D eigenvalue weighted by Crippen LogP contribution is 2.45. The Bertz CT molecular complexity index is 914. The number of cyclic esters (lactones) is 1. The fourth-order valence-corrected chi connectivity index (χ4v) is 5.59. The Morgan fingerprint density at radius 1 is 1.28 bits per heavy atom. The van der Waals surface area contributed by atoms with E-state index in [0.29, 0.717) is 6.42 Å². The molecular formula is C30H48O9. The van der Waals surface area contributed by atoms with Gasteiger partial charge in [-0.1, -0.05) is 45.9 Å². The first-order valence-corrected chi connectivity index (χ1v) is 14.3. The molecule has 0 aliphatic carbocycles. The highest BCUT2D eigenvalue weighted by atomic mass is 16.6. The SMILES string of the molecule is CCC(O)C(C)C1OC1CC(C)/C=C/C1OC1(C)C1OC(=O)CC(O)CCC(C)(O)C(OC(C)=O)/C=C\C1C. The largest absolute Gasteiger partial charge is 0.458 e. The maximum absolute atomic E-state index is 12.7. The van der Waals surface area contributed by atoms with Gasteiger partial charge in [-0.2, -0.15) is 0 Å². The first-order valence-electron chi connectivity index (χ1n) is 14.3. The number of carbonyl (C=O) groups is 2. The molecule has 0 saturated carbocycles. The molecule has 222 valence electrons. The smallest absolute Gasteiger partial charge is 0.308 e. The number of allylic oxidation sites excluding steroid dienone is 1. The molecule has 0 bridgehead atoms. The van der Waals surface area contributed by atoms with Crippen LogP contribution in [0.15, 0.2) is 24.3 Å². The van der Waals surface area contributed by atoms with E-state index in [0.717, 1.165) is 6.42 Å². The molecule has 9 heteroatoms. The van der Waals surface area contributed by atoms with Crippen LogP contribution in [0.5, 0.6) is 0 Å². The normalized spacial score (nSPS) is 42.4. The fourth-order valence-electron chi connectivity index (χ4n) is 5.59. The van der Waals surface area contributed by atoms with E-state index in [9.17, 15) is 24.9 Å². The quantitative estimate of drug-likeness (QED) is 0.224. The summed E-state index contributed by atoms with van der Waals surface area (Å²) >= 11 is 0. The van der Waals surface area contributed by atoms with Crippen molar-refractivity contribution in [3.8, 4) is 0 Å². The number of rotatable bonds is 9. The van der Waals surface area contributed by atoms with Crippen molar-refractivity contribution in [2.45, 2.75) is 135 Å². The lowest BCUT2D eigenvalue weighted by Gasteiger charge is -2.33. The third-order valence-electron chi connectivity index (χ3n) is 8.45. The van der Waals surface area contributed by atoms with Crippen LogP contribution in [-0.2, 0) is 28.5 Å². The second-order valence-electron chi connectivity index (χ2n) is 12.2. The van der Waals surface area contributed by atoms with Gasteiger partial charge >= 0.3 is 11.9 Å². The summed E-state index contributed by atoms with van der Waals surface area (Å²) in [6.07, 6.45) is 6.16. The number of aliphatic hydroxyl groups excluding tert-OH is 2. The highest BCUT2D eigenvalue weighted by Gasteiger charge is 2.59. The van der Waals surface area contributed by atoms with Gasteiger partial charge in [0.05, 0.1) is 30.8 Å². The first-order chi connectivity index (χ1) is 18.2. The molecule has 3 N–H and O–H groups in total. The molecule has 3 rings (SSSR count). The second kappa shape index (κ2) is 12.8. The molecule has 9 nitrogen and oxygen atoms in total. The number of aliphatic hydroxyl groups is 3. The van der Waals surface area contributed by atoms with Crippen molar-refractivity contribution in [1.82, 2.24) is 0 Å². The summed E-state index contributed by atoms with van der Waals surface area (Å²) in [5.41, 5.74) is -2.19. The van der Waals surface area contributed by atoms with E-state index in [1.807, 2.05) is 33.8 Å². The molecule has 3 heterocycles. The van der Waals surface area contributed by atoms with Gasteiger partial charge in [-0.15, -0.1) is 0 Å². The minimum atomic E-state index is -1.42. The van der Waals surface area contributed by atoms with Gasteiger partial charge in [0.25, 0.3) is 0 Å². The molecule has 12 unspecified atom stereocenters. The Kier molecular flexibility index (Phi) is 10.4.